The molecule has 0 unspecified atom stereocenters. The molecule has 0 bridgehead atoms. The van der Waals surface area contributed by atoms with E-state index in [0.29, 0.717) is 26.8 Å². The highest BCUT2D eigenvalue weighted by Gasteiger charge is 2.14. The molecule has 0 spiro atoms. The van der Waals surface area contributed by atoms with Crippen molar-refractivity contribution in [1.29, 1.82) is 0 Å². The summed E-state index contributed by atoms with van der Waals surface area (Å²) < 4.78 is 14.7. The van der Waals surface area contributed by atoms with Crippen LogP contribution >= 0.6 is 34.5 Å². The number of hydrogen-bond donors (Lipinski definition) is 0. The minimum absolute atomic E-state index is 0.151. The summed E-state index contributed by atoms with van der Waals surface area (Å²) in [5, 5.41) is 3.31. The Balaban J connectivity index is 1.81. The molecule has 0 aliphatic rings. The molecule has 0 radical (unpaired) electrons. The first-order valence-electron chi connectivity index (χ1n) is 7.69. The SMILES string of the molecule is O=c1c2c(-c3ccc(F)cc3)csc2ncn1Cc1ccc(Cl)c(Cl)c1. The van der Waals surface area contributed by atoms with Crippen LogP contribution < -0.4 is 5.56 Å². The molecular formula is C19H11Cl2FN2OS. The number of nitrogens with zero attached hydrogens (tertiary/aromatic N) is 2. The lowest BCUT2D eigenvalue weighted by atomic mass is 10.1. The Kier molecular flexibility index (Phi) is 4.53. The zero-order chi connectivity index (χ0) is 18.3. The van der Waals surface area contributed by atoms with E-state index in [0.717, 1.165) is 16.7 Å². The molecule has 0 amide bonds. The predicted molar refractivity (Wildman–Crippen MR) is 105 cm³/mol. The van der Waals surface area contributed by atoms with E-state index in [2.05, 4.69) is 4.98 Å². The summed E-state index contributed by atoms with van der Waals surface area (Å²) in [4.78, 5) is 18.0. The summed E-state index contributed by atoms with van der Waals surface area (Å²) >= 11 is 13.4. The third-order valence-corrected chi connectivity index (χ3v) is 5.68. The van der Waals surface area contributed by atoms with E-state index in [1.807, 2.05) is 11.4 Å². The maximum atomic E-state index is 13.2. The molecule has 0 atom stereocenters. The zero-order valence-corrected chi connectivity index (χ0v) is 15.6. The molecule has 0 aliphatic heterocycles. The zero-order valence-electron chi connectivity index (χ0n) is 13.2. The Morgan fingerprint density at radius 2 is 1.85 bits per heavy atom. The number of thiophene rings is 1. The Bertz CT molecular complexity index is 1170. The fourth-order valence-corrected chi connectivity index (χ4v) is 3.98. The smallest absolute Gasteiger partial charge is 0.263 e. The van der Waals surface area contributed by atoms with Gasteiger partial charge in [-0.2, -0.15) is 0 Å². The van der Waals surface area contributed by atoms with Gasteiger partial charge in [0.05, 0.1) is 28.3 Å². The van der Waals surface area contributed by atoms with Crippen LogP contribution in [0, 0.1) is 5.82 Å². The van der Waals surface area contributed by atoms with Crippen molar-refractivity contribution in [2.75, 3.05) is 0 Å². The number of halogens is 3. The number of hydrogen-bond acceptors (Lipinski definition) is 3. The molecule has 7 heteroatoms. The van der Waals surface area contributed by atoms with E-state index < -0.39 is 0 Å². The van der Waals surface area contributed by atoms with Gasteiger partial charge in [-0.3, -0.25) is 9.36 Å². The van der Waals surface area contributed by atoms with Crippen LogP contribution in [0.2, 0.25) is 10.0 Å². The average Bonchev–Trinajstić information content (AvgIpc) is 3.06. The highest BCUT2D eigenvalue weighted by atomic mass is 35.5. The summed E-state index contributed by atoms with van der Waals surface area (Å²) in [5.41, 5.74) is 2.23. The van der Waals surface area contributed by atoms with Crippen molar-refractivity contribution < 1.29 is 4.39 Å². The molecule has 0 N–H and O–H groups in total. The highest BCUT2D eigenvalue weighted by Crippen LogP contribution is 2.30. The van der Waals surface area contributed by atoms with E-state index in [1.165, 1.54) is 34.4 Å². The summed E-state index contributed by atoms with van der Waals surface area (Å²) in [5.74, 6) is -0.316. The average molecular weight is 405 g/mol. The van der Waals surface area contributed by atoms with Gasteiger partial charge < -0.3 is 0 Å². The second-order valence-corrected chi connectivity index (χ2v) is 7.44. The first-order chi connectivity index (χ1) is 12.5. The van der Waals surface area contributed by atoms with Crippen molar-refractivity contribution >= 4 is 44.8 Å². The minimum Gasteiger partial charge on any atom is -0.294 e. The lowest BCUT2D eigenvalue weighted by Crippen LogP contribution is -2.21. The van der Waals surface area contributed by atoms with Crippen LogP contribution in [0.1, 0.15) is 5.56 Å². The second kappa shape index (κ2) is 6.83. The van der Waals surface area contributed by atoms with Crippen molar-refractivity contribution in [2.24, 2.45) is 0 Å². The highest BCUT2D eigenvalue weighted by molar-refractivity contribution is 7.17. The van der Waals surface area contributed by atoms with Gasteiger partial charge in [-0.05, 0) is 35.4 Å². The van der Waals surface area contributed by atoms with Crippen LogP contribution in [-0.4, -0.2) is 9.55 Å². The van der Waals surface area contributed by atoms with Crippen LogP contribution in [0.25, 0.3) is 21.3 Å². The maximum absolute atomic E-state index is 13.2. The molecular weight excluding hydrogens is 394 g/mol. The lowest BCUT2D eigenvalue weighted by Gasteiger charge is -2.07. The van der Waals surface area contributed by atoms with Gasteiger partial charge in [0.15, 0.2) is 0 Å². The molecule has 26 heavy (non-hydrogen) atoms. The van der Waals surface area contributed by atoms with E-state index >= 15 is 0 Å². The van der Waals surface area contributed by atoms with Gasteiger partial charge in [0, 0.05) is 10.9 Å². The van der Waals surface area contributed by atoms with Crippen molar-refractivity contribution in [2.45, 2.75) is 6.54 Å². The summed E-state index contributed by atoms with van der Waals surface area (Å²) in [6.07, 6.45) is 1.53. The molecule has 0 fully saturated rings. The summed E-state index contributed by atoms with van der Waals surface area (Å²) in [6, 6.07) is 11.3. The maximum Gasteiger partial charge on any atom is 0.263 e. The first kappa shape index (κ1) is 17.2. The van der Waals surface area contributed by atoms with Gasteiger partial charge in [-0.15, -0.1) is 11.3 Å². The standard InChI is InChI=1S/C19H11Cl2FN2OS/c20-15-6-1-11(7-16(15)21)8-24-10-23-18-17(19(24)25)14(9-26-18)12-2-4-13(22)5-3-12/h1-7,9-10H,8H2. The summed E-state index contributed by atoms with van der Waals surface area (Å²) in [6.45, 7) is 0.331. The van der Waals surface area contributed by atoms with E-state index in [4.69, 9.17) is 23.2 Å². The lowest BCUT2D eigenvalue weighted by molar-refractivity contribution is 0.628. The number of aromatic nitrogens is 2. The topological polar surface area (TPSA) is 34.9 Å². The Hall–Kier alpha value is -2.21. The normalized spacial score (nSPS) is 11.2. The van der Waals surface area contributed by atoms with Crippen LogP contribution in [0.15, 0.2) is 59.0 Å². The molecule has 130 valence electrons. The monoisotopic (exact) mass is 404 g/mol. The van der Waals surface area contributed by atoms with Crippen LogP contribution in [0.3, 0.4) is 0 Å². The minimum atomic E-state index is -0.316. The Morgan fingerprint density at radius 3 is 2.58 bits per heavy atom. The van der Waals surface area contributed by atoms with Gasteiger partial charge in [0.25, 0.3) is 5.56 Å². The molecule has 4 aromatic rings. The van der Waals surface area contributed by atoms with Crippen LogP contribution in [0.4, 0.5) is 4.39 Å². The van der Waals surface area contributed by atoms with E-state index in [9.17, 15) is 9.18 Å². The molecule has 2 aromatic carbocycles. The molecule has 2 aromatic heterocycles. The summed E-state index contributed by atoms with van der Waals surface area (Å²) in [7, 11) is 0. The third-order valence-electron chi connectivity index (χ3n) is 4.05. The largest absolute Gasteiger partial charge is 0.294 e. The fraction of sp³-hybridized carbons (Fsp3) is 0.0526. The molecule has 2 heterocycles. The third kappa shape index (κ3) is 3.14. The molecule has 0 aliphatic carbocycles. The number of rotatable bonds is 3. The van der Waals surface area contributed by atoms with Crippen molar-refractivity contribution in [3.63, 3.8) is 0 Å². The van der Waals surface area contributed by atoms with Crippen molar-refractivity contribution in [3.8, 4) is 11.1 Å². The molecule has 4 rings (SSSR count). The van der Waals surface area contributed by atoms with Crippen LogP contribution in [0.5, 0.6) is 0 Å². The van der Waals surface area contributed by atoms with Crippen LogP contribution in [-0.2, 0) is 6.54 Å². The Morgan fingerprint density at radius 1 is 1.08 bits per heavy atom. The van der Waals surface area contributed by atoms with E-state index in [-0.39, 0.29) is 11.4 Å². The fourth-order valence-electron chi connectivity index (χ4n) is 2.76. The quantitative estimate of drug-likeness (QED) is 0.444. The van der Waals surface area contributed by atoms with E-state index in [1.54, 1.807) is 24.3 Å². The van der Waals surface area contributed by atoms with Gasteiger partial charge in [0.2, 0.25) is 0 Å². The number of fused-ring (bicyclic) bond motifs is 1. The van der Waals surface area contributed by atoms with Crippen molar-refractivity contribution in [1.82, 2.24) is 9.55 Å². The predicted octanol–water partition coefficient (Wildman–Crippen LogP) is 5.62. The molecule has 3 nitrogen and oxygen atoms in total. The van der Waals surface area contributed by atoms with Crippen molar-refractivity contribution in [3.05, 3.63) is 86.0 Å². The molecule has 0 saturated carbocycles. The number of benzene rings is 2. The molecule has 0 saturated heterocycles. The first-order valence-corrected chi connectivity index (χ1v) is 9.33. The second-order valence-electron chi connectivity index (χ2n) is 5.76. The van der Waals surface area contributed by atoms with Gasteiger partial charge in [-0.25, -0.2) is 9.37 Å². The van der Waals surface area contributed by atoms with Gasteiger partial charge in [-0.1, -0.05) is 41.4 Å². The van der Waals surface area contributed by atoms with Gasteiger partial charge >= 0.3 is 0 Å². The Labute approximate surface area is 162 Å². The van der Waals surface area contributed by atoms with Gasteiger partial charge in [0.1, 0.15) is 10.6 Å².